The smallest absolute Gasteiger partial charge is 0.317 e. The quantitative estimate of drug-likeness (QED) is 0.665. The highest BCUT2D eigenvalue weighted by Crippen LogP contribution is 2.36. The van der Waals surface area contributed by atoms with Crippen molar-refractivity contribution in [2.24, 2.45) is 0 Å². The molecule has 136 valence electrons. The van der Waals surface area contributed by atoms with Gasteiger partial charge in [0.05, 0.1) is 0 Å². The van der Waals surface area contributed by atoms with Crippen LogP contribution >= 0.6 is 0 Å². The molecule has 0 saturated carbocycles. The Kier molecular flexibility index (Phi) is 5.83. The van der Waals surface area contributed by atoms with Crippen molar-refractivity contribution in [2.75, 3.05) is 0 Å². The van der Waals surface area contributed by atoms with Crippen LogP contribution in [0.25, 0.3) is 0 Å². The third-order valence-corrected chi connectivity index (χ3v) is 20.6. The van der Waals surface area contributed by atoms with Crippen LogP contribution in [0, 0.1) is 0 Å². The zero-order valence-electron chi connectivity index (χ0n) is 16.3. The van der Waals surface area contributed by atoms with Gasteiger partial charge in [0.2, 0.25) is 0 Å². The van der Waals surface area contributed by atoms with Gasteiger partial charge in [-0.1, -0.05) is 37.3 Å². The largest absolute Gasteiger partial charge is 0.416 e. The van der Waals surface area contributed by atoms with Crippen LogP contribution < -0.4 is 0 Å². The van der Waals surface area contributed by atoms with Gasteiger partial charge < -0.3 is 16.5 Å². The molecular weight excluding hydrogens is 369 g/mol. The average molecular weight is 401 g/mol. The van der Waals surface area contributed by atoms with Crippen LogP contribution in [0.5, 0.6) is 0 Å². The maximum absolute atomic E-state index is 6.65. The molecule has 1 aliphatic heterocycles. The van der Waals surface area contributed by atoms with Gasteiger partial charge in [0.1, 0.15) is 0 Å². The summed E-state index contributed by atoms with van der Waals surface area (Å²) in [6.07, 6.45) is 0. The lowest BCUT2D eigenvalue weighted by Crippen LogP contribution is -2.65. The van der Waals surface area contributed by atoms with Crippen LogP contribution in [0.2, 0.25) is 51.9 Å². The monoisotopic (exact) mass is 400 g/mol. The van der Waals surface area contributed by atoms with Gasteiger partial charge in [-0.3, -0.25) is 0 Å². The fourth-order valence-corrected chi connectivity index (χ4v) is 25.8. The van der Waals surface area contributed by atoms with E-state index in [1.54, 1.807) is 0 Å². The van der Waals surface area contributed by atoms with E-state index >= 15 is 0 Å². The van der Waals surface area contributed by atoms with Gasteiger partial charge in [-0.25, -0.2) is 0 Å². The van der Waals surface area contributed by atoms with Crippen LogP contribution in [0.3, 0.4) is 0 Å². The van der Waals surface area contributed by atoms with Gasteiger partial charge in [0.15, 0.2) is 0 Å². The Balaban J connectivity index is 2.25. The van der Waals surface area contributed by atoms with Gasteiger partial charge in [0.25, 0.3) is 0 Å². The number of rotatable bonds is 3. The lowest BCUT2D eigenvalue weighted by Gasteiger charge is -2.48. The number of hydrogen-bond donors (Lipinski definition) is 0. The molecule has 1 unspecified atom stereocenters. The summed E-state index contributed by atoms with van der Waals surface area (Å²) >= 11 is 0. The molecule has 8 heteroatoms. The molecule has 24 heavy (non-hydrogen) atoms. The lowest BCUT2D eigenvalue weighted by molar-refractivity contribution is 0.233. The Bertz CT molecular complexity index is 540. The molecule has 0 spiro atoms. The van der Waals surface area contributed by atoms with Crippen LogP contribution in [0.15, 0.2) is 30.3 Å². The molecule has 0 aromatic heterocycles. The van der Waals surface area contributed by atoms with Crippen LogP contribution in [-0.4, -0.2) is 34.2 Å². The topological polar surface area (TPSA) is 36.9 Å². The van der Waals surface area contributed by atoms with Gasteiger partial charge in [-0.05, 0) is 63.4 Å². The van der Waals surface area contributed by atoms with Crippen molar-refractivity contribution in [3.63, 3.8) is 0 Å². The maximum Gasteiger partial charge on any atom is 0.317 e. The number of benzene rings is 1. The Morgan fingerprint density at radius 3 is 1.58 bits per heavy atom. The molecule has 1 fully saturated rings. The summed E-state index contributed by atoms with van der Waals surface area (Å²) in [6, 6.07) is 11.5. The minimum absolute atomic E-state index is 0.391. The first-order chi connectivity index (χ1) is 10.8. The third-order valence-electron chi connectivity index (χ3n) is 3.95. The van der Waals surface area contributed by atoms with E-state index < -0.39 is 34.2 Å². The number of hydrogen-bond acceptors (Lipinski definition) is 4. The Morgan fingerprint density at radius 1 is 0.708 bits per heavy atom. The van der Waals surface area contributed by atoms with Gasteiger partial charge in [-0.2, -0.15) is 0 Å². The summed E-state index contributed by atoms with van der Waals surface area (Å²) in [5.74, 6) is 0.391. The maximum atomic E-state index is 6.65. The van der Waals surface area contributed by atoms with Crippen molar-refractivity contribution in [1.82, 2.24) is 0 Å². The predicted octanol–water partition coefficient (Wildman–Crippen LogP) is 5.05. The lowest BCUT2D eigenvalue weighted by atomic mass is 10.0. The highest BCUT2D eigenvalue weighted by atomic mass is 28.5. The first-order valence-corrected chi connectivity index (χ1v) is 19.6. The van der Waals surface area contributed by atoms with E-state index in [9.17, 15) is 0 Å². The van der Waals surface area contributed by atoms with Crippen molar-refractivity contribution in [3.8, 4) is 0 Å². The standard InChI is InChI=1S/C16H32O4Si4/c1-15(16-12-10-9-11-13-16)14-24(8)19-22(4,5)17-21(2,3)18-23(6,7)20-24/h9-13,15H,14H2,1-8H3. The highest BCUT2D eigenvalue weighted by molar-refractivity contribution is 6.93. The Hall–Kier alpha value is -0.0725. The fraction of sp³-hybridized carbons (Fsp3) is 0.625. The van der Waals surface area contributed by atoms with E-state index in [1.165, 1.54) is 5.56 Å². The zero-order valence-corrected chi connectivity index (χ0v) is 20.3. The SMILES string of the molecule is CC(C[Si]1(C)O[Si](C)(C)O[Si](C)(C)O[Si](C)(C)O1)c1ccccc1. The first kappa shape index (κ1) is 20.2. The second-order valence-corrected chi connectivity index (χ2v) is 22.6. The third kappa shape index (κ3) is 5.73. The van der Waals surface area contributed by atoms with Crippen molar-refractivity contribution >= 4 is 34.2 Å². The van der Waals surface area contributed by atoms with E-state index in [2.05, 4.69) is 83.1 Å². The molecule has 4 nitrogen and oxygen atoms in total. The summed E-state index contributed by atoms with van der Waals surface area (Å²) in [5.41, 5.74) is 1.33. The normalized spacial score (nSPS) is 26.2. The van der Waals surface area contributed by atoms with E-state index in [0.717, 1.165) is 6.04 Å². The molecule has 1 aromatic rings. The average Bonchev–Trinajstić information content (AvgIpc) is 2.32. The van der Waals surface area contributed by atoms with Gasteiger partial charge >= 0.3 is 34.2 Å². The first-order valence-electron chi connectivity index (χ1n) is 8.67. The second kappa shape index (κ2) is 6.91. The predicted molar refractivity (Wildman–Crippen MR) is 108 cm³/mol. The van der Waals surface area contributed by atoms with Gasteiger partial charge in [-0.15, -0.1) is 0 Å². The summed E-state index contributed by atoms with van der Waals surface area (Å²) in [5, 5.41) is 0. The van der Waals surface area contributed by atoms with Crippen LogP contribution in [0.4, 0.5) is 0 Å². The van der Waals surface area contributed by atoms with E-state index in [1.807, 2.05) is 0 Å². The molecule has 0 N–H and O–H groups in total. The fourth-order valence-electron chi connectivity index (χ4n) is 3.85. The minimum Gasteiger partial charge on any atom is -0.416 e. The molecule has 1 aliphatic rings. The Labute approximate surface area is 151 Å². The van der Waals surface area contributed by atoms with Crippen molar-refractivity contribution in [2.45, 2.75) is 64.7 Å². The van der Waals surface area contributed by atoms with Crippen molar-refractivity contribution in [1.29, 1.82) is 0 Å². The Morgan fingerprint density at radius 2 is 1.12 bits per heavy atom. The molecule has 1 atom stereocenters. The summed E-state index contributed by atoms with van der Waals surface area (Å²) in [4.78, 5) is 0. The van der Waals surface area contributed by atoms with Crippen molar-refractivity contribution in [3.05, 3.63) is 35.9 Å². The molecule has 1 aromatic carbocycles. The summed E-state index contributed by atoms with van der Waals surface area (Å²) in [7, 11) is -9.17. The van der Waals surface area contributed by atoms with Crippen molar-refractivity contribution < 1.29 is 16.5 Å². The molecular formula is C16H32O4Si4. The van der Waals surface area contributed by atoms with E-state index in [0.29, 0.717) is 5.92 Å². The summed E-state index contributed by atoms with van der Waals surface area (Å²) in [6.45, 7) is 17.1. The highest BCUT2D eigenvalue weighted by Gasteiger charge is 2.52. The van der Waals surface area contributed by atoms with E-state index in [4.69, 9.17) is 16.5 Å². The summed E-state index contributed by atoms with van der Waals surface area (Å²) < 4.78 is 26.1. The van der Waals surface area contributed by atoms with Gasteiger partial charge in [0, 0.05) is 0 Å². The van der Waals surface area contributed by atoms with Crippen LogP contribution in [-0.2, 0) is 16.5 Å². The molecule has 0 radical (unpaired) electrons. The minimum atomic E-state index is -2.40. The molecule has 0 bridgehead atoms. The second-order valence-electron chi connectivity index (χ2n) is 8.26. The van der Waals surface area contributed by atoms with Crippen LogP contribution in [0.1, 0.15) is 18.4 Å². The molecule has 1 heterocycles. The molecule has 0 amide bonds. The van der Waals surface area contributed by atoms with E-state index in [-0.39, 0.29) is 0 Å². The molecule has 0 aliphatic carbocycles. The molecule has 1 saturated heterocycles. The zero-order chi connectivity index (χ0) is 18.2. The molecule has 2 rings (SSSR count).